The van der Waals surface area contributed by atoms with E-state index in [0.29, 0.717) is 19.5 Å². The average molecular weight is 540 g/mol. The summed E-state index contributed by atoms with van der Waals surface area (Å²) in [6.45, 7) is 11.3. The van der Waals surface area contributed by atoms with Crippen molar-refractivity contribution < 1.29 is 18.4 Å². The molecular formula is C32H43F2N3O2. The molecule has 2 saturated heterocycles. The van der Waals surface area contributed by atoms with Gasteiger partial charge in [-0.3, -0.25) is 14.5 Å². The first-order chi connectivity index (χ1) is 18.6. The molecule has 0 radical (unpaired) electrons. The minimum Gasteiger partial charge on any atom is -0.343 e. The molecule has 2 amide bonds. The fourth-order valence-corrected chi connectivity index (χ4v) is 5.93. The second kappa shape index (κ2) is 13.0. The molecule has 2 heterocycles. The quantitative estimate of drug-likeness (QED) is 0.396. The van der Waals surface area contributed by atoms with Crippen molar-refractivity contribution in [2.24, 2.45) is 5.92 Å². The number of hydrogen-bond acceptors (Lipinski definition) is 3. The van der Waals surface area contributed by atoms with Gasteiger partial charge < -0.3 is 9.80 Å². The molecule has 0 bridgehead atoms. The summed E-state index contributed by atoms with van der Waals surface area (Å²) in [5.74, 6) is -0.120. The van der Waals surface area contributed by atoms with E-state index in [1.807, 2.05) is 9.80 Å². The lowest BCUT2D eigenvalue weighted by molar-refractivity contribution is -0.142. The number of hydrogen-bond donors (Lipinski definition) is 0. The summed E-state index contributed by atoms with van der Waals surface area (Å²) < 4.78 is 27.0. The highest BCUT2D eigenvalue weighted by Gasteiger charge is 2.33. The Morgan fingerprint density at radius 3 is 1.77 bits per heavy atom. The van der Waals surface area contributed by atoms with Crippen LogP contribution in [-0.2, 0) is 9.59 Å². The van der Waals surface area contributed by atoms with Crippen LogP contribution in [0, 0.1) is 17.6 Å². The van der Waals surface area contributed by atoms with Crippen LogP contribution in [0.15, 0.2) is 48.5 Å². The van der Waals surface area contributed by atoms with Crippen LogP contribution in [0.1, 0.15) is 76.3 Å². The summed E-state index contributed by atoms with van der Waals surface area (Å²) in [4.78, 5) is 32.4. The zero-order chi connectivity index (χ0) is 28.0. The van der Waals surface area contributed by atoms with Crippen molar-refractivity contribution in [2.45, 2.75) is 70.8 Å². The van der Waals surface area contributed by atoms with Gasteiger partial charge in [0.15, 0.2) is 0 Å². The van der Waals surface area contributed by atoms with Crippen LogP contribution in [0.2, 0.25) is 0 Å². The maximum Gasteiger partial charge on any atom is 0.225 e. The lowest BCUT2D eigenvalue weighted by atomic mass is 9.86. The van der Waals surface area contributed by atoms with E-state index in [1.165, 1.54) is 24.3 Å². The van der Waals surface area contributed by atoms with Crippen molar-refractivity contribution in [1.29, 1.82) is 0 Å². The molecule has 0 atom stereocenters. The molecule has 0 unspecified atom stereocenters. The molecule has 4 rings (SSSR count). The highest BCUT2D eigenvalue weighted by molar-refractivity contribution is 5.80. The van der Waals surface area contributed by atoms with Gasteiger partial charge in [0.05, 0.1) is 0 Å². The third kappa shape index (κ3) is 7.87. The lowest BCUT2D eigenvalue weighted by Gasteiger charge is -2.43. The number of amides is 2. The number of piperidine rings is 1. The molecule has 2 aliphatic rings. The summed E-state index contributed by atoms with van der Waals surface area (Å²) in [6.07, 6.45) is 4.34. The van der Waals surface area contributed by atoms with Crippen molar-refractivity contribution >= 4 is 11.8 Å². The molecule has 0 spiro atoms. The number of piperazine rings is 1. The van der Waals surface area contributed by atoms with Gasteiger partial charge in [0.25, 0.3) is 0 Å². The summed E-state index contributed by atoms with van der Waals surface area (Å²) >= 11 is 0. The van der Waals surface area contributed by atoms with Crippen LogP contribution >= 0.6 is 0 Å². The first-order valence-electron chi connectivity index (χ1n) is 14.4. The van der Waals surface area contributed by atoms with Gasteiger partial charge in [-0.2, -0.15) is 0 Å². The van der Waals surface area contributed by atoms with Crippen LogP contribution in [-0.4, -0.2) is 71.3 Å². The number of benzene rings is 2. The molecule has 0 saturated carbocycles. The third-order valence-corrected chi connectivity index (χ3v) is 8.42. The van der Waals surface area contributed by atoms with Gasteiger partial charge in [0.1, 0.15) is 11.6 Å². The standard InChI is InChI=1S/C32H43F2N3O2/c1-32(2,3)37-22-20-36(21-23-37)31(39)26-16-18-35(19-17-26)30(38)7-5-4-6-29(24-8-12-27(33)13-9-24)25-10-14-28(34)15-11-25/h8-15,26,29H,4-7,16-23H2,1-3H3. The third-order valence-electron chi connectivity index (χ3n) is 8.42. The molecule has 5 nitrogen and oxygen atoms in total. The van der Waals surface area contributed by atoms with E-state index in [0.717, 1.165) is 69.4 Å². The van der Waals surface area contributed by atoms with E-state index in [-0.39, 0.29) is 40.8 Å². The minimum absolute atomic E-state index is 0.0161. The van der Waals surface area contributed by atoms with Gasteiger partial charge in [-0.25, -0.2) is 8.78 Å². The van der Waals surface area contributed by atoms with E-state index in [9.17, 15) is 18.4 Å². The largest absolute Gasteiger partial charge is 0.343 e. The zero-order valence-corrected chi connectivity index (χ0v) is 23.7. The van der Waals surface area contributed by atoms with Crippen LogP contribution in [0.3, 0.4) is 0 Å². The number of carbonyl (C=O) groups excluding carboxylic acids is 2. The fraction of sp³-hybridized carbons (Fsp3) is 0.562. The topological polar surface area (TPSA) is 43.9 Å². The number of likely N-dealkylation sites (tertiary alicyclic amines) is 1. The summed E-state index contributed by atoms with van der Waals surface area (Å²) in [6, 6.07) is 12.9. The van der Waals surface area contributed by atoms with Crippen LogP contribution in [0.25, 0.3) is 0 Å². The monoisotopic (exact) mass is 539 g/mol. The van der Waals surface area contributed by atoms with Crippen molar-refractivity contribution in [1.82, 2.24) is 14.7 Å². The Morgan fingerprint density at radius 2 is 1.28 bits per heavy atom. The molecule has 212 valence electrons. The number of halogens is 2. The molecule has 2 aromatic carbocycles. The van der Waals surface area contributed by atoms with Crippen LogP contribution in [0.4, 0.5) is 8.78 Å². The Labute approximate surface area is 232 Å². The molecule has 0 aromatic heterocycles. The highest BCUT2D eigenvalue weighted by atomic mass is 19.1. The molecule has 7 heteroatoms. The predicted molar refractivity (Wildman–Crippen MR) is 150 cm³/mol. The second-order valence-corrected chi connectivity index (χ2v) is 12.0. The van der Waals surface area contributed by atoms with E-state index in [4.69, 9.17) is 0 Å². The average Bonchev–Trinajstić information content (AvgIpc) is 2.93. The van der Waals surface area contributed by atoms with Crippen LogP contribution < -0.4 is 0 Å². The minimum atomic E-state index is -0.282. The maximum absolute atomic E-state index is 13.5. The Balaban J connectivity index is 1.21. The molecule has 2 aliphatic heterocycles. The van der Waals surface area contributed by atoms with E-state index >= 15 is 0 Å². The van der Waals surface area contributed by atoms with Crippen molar-refractivity contribution in [3.8, 4) is 0 Å². The Bertz CT molecular complexity index is 1040. The van der Waals surface area contributed by atoms with Gasteiger partial charge in [0.2, 0.25) is 11.8 Å². The molecule has 39 heavy (non-hydrogen) atoms. The number of unbranched alkanes of at least 4 members (excludes halogenated alkanes) is 1. The Kier molecular flexibility index (Phi) is 9.76. The summed E-state index contributed by atoms with van der Waals surface area (Å²) in [5.41, 5.74) is 2.10. The second-order valence-electron chi connectivity index (χ2n) is 12.0. The first-order valence-corrected chi connectivity index (χ1v) is 14.4. The van der Waals surface area contributed by atoms with E-state index < -0.39 is 0 Å². The first kappa shape index (κ1) is 29.2. The Hall–Kier alpha value is -2.80. The molecular weight excluding hydrogens is 496 g/mol. The number of nitrogens with zero attached hydrogens (tertiary/aromatic N) is 3. The predicted octanol–water partition coefficient (Wildman–Crippen LogP) is 5.84. The van der Waals surface area contributed by atoms with E-state index in [1.54, 1.807) is 24.3 Å². The maximum atomic E-state index is 13.5. The zero-order valence-electron chi connectivity index (χ0n) is 23.7. The van der Waals surface area contributed by atoms with Crippen LogP contribution in [0.5, 0.6) is 0 Å². The van der Waals surface area contributed by atoms with Gasteiger partial charge in [-0.05, 0) is 81.8 Å². The van der Waals surface area contributed by atoms with Gasteiger partial charge in [-0.1, -0.05) is 30.7 Å². The van der Waals surface area contributed by atoms with Crippen molar-refractivity contribution in [3.63, 3.8) is 0 Å². The molecule has 2 fully saturated rings. The number of rotatable bonds is 8. The van der Waals surface area contributed by atoms with Crippen molar-refractivity contribution in [3.05, 3.63) is 71.3 Å². The molecule has 2 aromatic rings. The summed E-state index contributed by atoms with van der Waals surface area (Å²) in [5, 5.41) is 0. The fourth-order valence-electron chi connectivity index (χ4n) is 5.93. The smallest absolute Gasteiger partial charge is 0.225 e. The lowest BCUT2D eigenvalue weighted by Crippen LogP contribution is -2.56. The number of carbonyl (C=O) groups is 2. The summed E-state index contributed by atoms with van der Waals surface area (Å²) in [7, 11) is 0. The molecule has 0 N–H and O–H groups in total. The van der Waals surface area contributed by atoms with Gasteiger partial charge in [-0.15, -0.1) is 0 Å². The molecule has 0 aliphatic carbocycles. The normalized spacial score (nSPS) is 17.6. The van der Waals surface area contributed by atoms with Gasteiger partial charge >= 0.3 is 0 Å². The van der Waals surface area contributed by atoms with Gasteiger partial charge in [0, 0.05) is 63.1 Å². The van der Waals surface area contributed by atoms with Crippen molar-refractivity contribution in [2.75, 3.05) is 39.3 Å². The Morgan fingerprint density at radius 1 is 0.769 bits per heavy atom. The highest BCUT2D eigenvalue weighted by Crippen LogP contribution is 2.31. The SMILES string of the molecule is CC(C)(C)N1CCN(C(=O)C2CCN(C(=O)CCCCC(c3ccc(F)cc3)c3ccc(F)cc3)CC2)CC1. The van der Waals surface area contributed by atoms with E-state index in [2.05, 4.69) is 25.7 Å².